The molecule has 0 aliphatic carbocycles. The van der Waals surface area contributed by atoms with Gasteiger partial charge in [-0.1, -0.05) is 6.08 Å². The van der Waals surface area contributed by atoms with E-state index in [0.717, 1.165) is 5.75 Å². The highest BCUT2D eigenvalue weighted by atomic mass is 32.2. The molecule has 0 radical (unpaired) electrons. The molecule has 0 aromatic carbocycles. The molecule has 106 valence electrons. The molecule has 4 nitrogen and oxygen atoms in total. The number of β-lactam (4-membered cyclic amide) rings is 1. The van der Waals surface area contributed by atoms with E-state index in [9.17, 15) is 9.59 Å². The molecule has 2 aliphatic rings. The highest BCUT2D eigenvalue weighted by molar-refractivity contribution is 8.01. The summed E-state index contributed by atoms with van der Waals surface area (Å²) < 4.78 is 0.0530. The summed E-state index contributed by atoms with van der Waals surface area (Å²) in [5, 5.41) is 2.95. The van der Waals surface area contributed by atoms with Crippen LogP contribution in [0.25, 0.3) is 0 Å². The molecule has 2 fully saturated rings. The number of fused-ring (bicyclic) bond motifs is 1. The molecule has 0 saturated carbocycles. The molecule has 0 bridgehead atoms. The molecule has 0 aromatic rings. The first-order chi connectivity index (χ1) is 8.88. The van der Waals surface area contributed by atoms with Crippen LogP contribution in [0.4, 0.5) is 0 Å². The maximum absolute atomic E-state index is 12.1. The van der Waals surface area contributed by atoms with Gasteiger partial charge < -0.3 is 10.2 Å². The van der Waals surface area contributed by atoms with Crippen molar-refractivity contribution in [3.63, 3.8) is 0 Å². The summed E-state index contributed by atoms with van der Waals surface area (Å²) in [4.78, 5) is 25.7. The maximum Gasteiger partial charge on any atom is 0.249 e. The van der Waals surface area contributed by atoms with E-state index in [4.69, 9.17) is 0 Å². The summed E-state index contributed by atoms with van der Waals surface area (Å²) in [6.07, 6.45) is 1.77. The standard InChI is InChI=1S/C13H20N2O2S2/c1-5-6-18-7-9(16)14-10-11(17)15-8(2)13(3,4)19-12(10)15/h5,8,10,12H,1,6-7H2,2-4H3,(H,14,16). The van der Waals surface area contributed by atoms with Gasteiger partial charge in [-0.15, -0.1) is 30.1 Å². The van der Waals surface area contributed by atoms with Gasteiger partial charge in [0.15, 0.2) is 0 Å². The SMILES string of the molecule is C=CCSCC(=O)NC1C(=O)N2C1SC(C)(C)C2C. The molecule has 0 aromatic heterocycles. The second kappa shape index (κ2) is 5.40. The fourth-order valence-corrected chi connectivity index (χ4v) is 4.56. The van der Waals surface area contributed by atoms with E-state index in [1.165, 1.54) is 11.8 Å². The summed E-state index contributed by atoms with van der Waals surface area (Å²) in [6, 6.07) is -0.121. The monoisotopic (exact) mass is 300 g/mol. The highest BCUT2D eigenvalue weighted by Crippen LogP contribution is 2.50. The Morgan fingerprint density at radius 2 is 2.32 bits per heavy atom. The third-order valence-corrected chi connectivity index (χ3v) is 6.34. The van der Waals surface area contributed by atoms with E-state index in [-0.39, 0.29) is 34.0 Å². The number of amides is 2. The van der Waals surface area contributed by atoms with Crippen molar-refractivity contribution in [1.82, 2.24) is 10.2 Å². The lowest BCUT2D eigenvalue weighted by Crippen LogP contribution is -2.69. The Morgan fingerprint density at radius 1 is 1.63 bits per heavy atom. The first kappa shape index (κ1) is 14.8. The Labute approximate surface area is 122 Å². The van der Waals surface area contributed by atoms with Crippen LogP contribution in [0.5, 0.6) is 0 Å². The summed E-state index contributed by atoms with van der Waals surface area (Å²) in [5.41, 5.74) is 0. The minimum atomic E-state index is -0.342. The predicted molar refractivity (Wildman–Crippen MR) is 81.2 cm³/mol. The van der Waals surface area contributed by atoms with Gasteiger partial charge >= 0.3 is 0 Å². The third kappa shape index (κ3) is 2.65. The van der Waals surface area contributed by atoms with Crippen LogP contribution in [0.1, 0.15) is 20.8 Å². The van der Waals surface area contributed by atoms with Crippen LogP contribution in [0.15, 0.2) is 12.7 Å². The van der Waals surface area contributed by atoms with Gasteiger partial charge in [0.25, 0.3) is 0 Å². The lowest BCUT2D eigenvalue weighted by Gasteiger charge is -2.44. The van der Waals surface area contributed by atoms with Crippen molar-refractivity contribution in [1.29, 1.82) is 0 Å². The van der Waals surface area contributed by atoms with Crippen molar-refractivity contribution in [2.75, 3.05) is 11.5 Å². The first-order valence-electron chi connectivity index (χ1n) is 6.36. The van der Waals surface area contributed by atoms with Gasteiger partial charge in [0, 0.05) is 16.5 Å². The van der Waals surface area contributed by atoms with E-state index < -0.39 is 0 Å². The fourth-order valence-electron chi connectivity index (χ4n) is 2.35. The van der Waals surface area contributed by atoms with Gasteiger partial charge in [-0.05, 0) is 20.8 Å². The van der Waals surface area contributed by atoms with Crippen LogP contribution < -0.4 is 5.32 Å². The van der Waals surface area contributed by atoms with E-state index in [0.29, 0.717) is 5.75 Å². The number of carbonyl (C=O) groups is 2. The van der Waals surface area contributed by atoms with E-state index >= 15 is 0 Å². The summed E-state index contributed by atoms with van der Waals surface area (Å²) in [6.45, 7) is 9.97. The third-order valence-electron chi connectivity index (χ3n) is 3.71. The molecule has 1 N–H and O–H groups in total. The van der Waals surface area contributed by atoms with Gasteiger partial charge in [0.1, 0.15) is 11.4 Å². The smallest absolute Gasteiger partial charge is 0.249 e. The maximum atomic E-state index is 12.1. The van der Waals surface area contributed by atoms with Crippen molar-refractivity contribution in [3.8, 4) is 0 Å². The average Bonchev–Trinajstić information content (AvgIpc) is 2.55. The summed E-state index contributed by atoms with van der Waals surface area (Å²) in [5.74, 6) is 1.12. The Hall–Kier alpha value is -0.620. The zero-order valence-corrected chi connectivity index (χ0v) is 13.1. The summed E-state index contributed by atoms with van der Waals surface area (Å²) in [7, 11) is 0. The molecule has 2 amide bonds. The highest BCUT2D eigenvalue weighted by Gasteiger charge is 2.60. The average molecular weight is 300 g/mol. The number of thioether (sulfide) groups is 2. The van der Waals surface area contributed by atoms with Gasteiger partial charge in [0.05, 0.1) is 5.75 Å². The Balaban J connectivity index is 1.89. The number of carbonyl (C=O) groups excluding carboxylic acids is 2. The zero-order valence-electron chi connectivity index (χ0n) is 11.5. The predicted octanol–water partition coefficient (Wildman–Crippen LogP) is 1.47. The zero-order chi connectivity index (χ0) is 14.2. The first-order valence-corrected chi connectivity index (χ1v) is 8.40. The number of hydrogen-bond donors (Lipinski definition) is 1. The van der Waals surface area contributed by atoms with Crippen LogP contribution in [0.3, 0.4) is 0 Å². The Bertz CT molecular complexity index is 411. The van der Waals surface area contributed by atoms with Crippen LogP contribution in [0, 0.1) is 0 Å². The number of hydrogen-bond acceptors (Lipinski definition) is 4. The fraction of sp³-hybridized carbons (Fsp3) is 0.692. The second-order valence-corrected chi connectivity index (χ2v) is 8.18. The van der Waals surface area contributed by atoms with E-state index in [2.05, 4.69) is 32.7 Å². The van der Waals surface area contributed by atoms with Crippen LogP contribution in [0.2, 0.25) is 0 Å². The van der Waals surface area contributed by atoms with Gasteiger partial charge in [-0.3, -0.25) is 9.59 Å². The molecule has 3 atom stereocenters. The van der Waals surface area contributed by atoms with E-state index in [1.54, 1.807) is 17.8 Å². The molecular formula is C13H20N2O2S2. The second-order valence-electron chi connectivity index (χ2n) is 5.38. The quantitative estimate of drug-likeness (QED) is 0.474. The largest absolute Gasteiger partial charge is 0.341 e. The van der Waals surface area contributed by atoms with Crippen LogP contribution >= 0.6 is 23.5 Å². The van der Waals surface area contributed by atoms with Gasteiger partial charge in [0.2, 0.25) is 11.8 Å². The molecule has 6 heteroatoms. The van der Waals surface area contributed by atoms with Crippen molar-refractivity contribution in [2.24, 2.45) is 0 Å². The topological polar surface area (TPSA) is 49.4 Å². The van der Waals surface area contributed by atoms with Gasteiger partial charge in [-0.2, -0.15) is 0 Å². The molecule has 2 heterocycles. The molecular weight excluding hydrogens is 280 g/mol. The minimum Gasteiger partial charge on any atom is -0.341 e. The van der Waals surface area contributed by atoms with Crippen molar-refractivity contribution < 1.29 is 9.59 Å². The van der Waals surface area contributed by atoms with Crippen LogP contribution in [-0.2, 0) is 9.59 Å². The minimum absolute atomic E-state index is 0.0530. The summed E-state index contributed by atoms with van der Waals surface area (Å²) >= 11 is 3.28. The van der Waals surface area contributed by atoms with Crippen molar-refractivity contribution >= 4 is 35.3 Å². The molecule has 2 rings (SSSR count). The number of nitrogens with one attached hydrogen (secondary N) is 1. The Morgan fingerprint density at radius 3 is 2.95 bits per heavy atom. The molecule has 3 unspecified atom stereocenters. The number of nitrogens with zero attached hydrogens (tertiary/aromatic N) is 1. The Kier molecular flexibility index (Phi) is 4.20. The normalized spacial score (nSPS) is 31.6. The van der Waals surface area contributed by atoms with Crippen LogP contribution in [-0.4, -0.2) is 50.4 Å². The molecule has 2 saturated heterocycles. The van der Waals surface area contributed by atoms with Crippen molar-refractivity contribution in [2.45, 2.75) is 43.0 Å². The lowest BCUT2D eigenvalue weighted by atomic mass is 9.97. The lowest BCUT2D eigenvalue weighted by molar-refractivity contribution is -0.150. The molecule has 0 spiro atoms. The molecule has 2 aliphatic heterocycles. The molecule has 19 heavy (non-hydrogen) atoms. The van der Waals surface area contributed by atoms with E-state index in [1.807, 2.05) is 4.90 Å². The van der Waals surface area contributed by atoms with Crippen molar-refractivity contribution in [3.05, 3.63) is 12.7 Å². The van der Waals surface area contributed by atoms with Gasteiger partial charge in [-0.25, -0.2) is 0 Å². The number of rotatable bonds is 5.